The van der Waals surface area contributed by atoms with Gasteiger partial charge in [0.25, 0.3) is 0 Å². The zero-order chi connectivity index (χ0) is 16.9. The predicted molar refractivity (Wildman–Crippen MR) is 80.4 cm³/mol. The molecule has 2 aromatic carbocycles. The summed E-state index contributed by atoms with van der Waals surface area (Å²) >= 11 is 1.03. The number of thioether (sulfide) groups is 1. The van der Waals surface area contributed by atoms with Gasteiger partial charge < -0.3 is 5.32 Å². The number of carbonyl (C=O) groups excluding carboxylic acids is 1. The van der Waals surface area contributed by atoms with E-state index in [4.69, 9.17) is 0 Å². The Labute approximate surface area is 134 Å². The molecule has 2 rings (SSSR count). The molecule has 2 aromatic rings. The molecular formula is C16H13F4NOS. The van der Waals surface area contributed by atoms with Crippen LogP contribution in [0, 0.1) is 5.82 Å². The molecule has 0 aliphatic rings. The Hall–Kier alpha value is -2.02. The second-order valence-electron chi connectivity index (χ2n) is 4.69. The van der Waals surface area contributed by atoms with Gasteiger partial charge in [-0.1, -0.05) is 24.3 Å². The lowest BCUT2D eigenvalue weighted by molar-refractivity contribution is -0.137. The molecule has 0 unspecified atom stereocenters. The van der Waals surface area contributed by atoms with E-state index in [9.17, 15) is 22.4 Å². The van der Waals surface area contributed by atoms with Gasteiger partial charge in [-0.3, -0.25) is 4.79 Å². The maximum Gasteiger partial charge on any atom is 0.416 e. The zero-order valence-electron chi connectivity index (χ0n) is 11.9. The van der Waals surface area contributed by atoms with Crippen LogP contribution in [0.4, 0.5) is 17.6 Å². The molecule has 0 aliphatic heterocycles. The summed E-state index contributed by atoms with van der Waals surface area (Å²) in [6.07, 6.45) is -4.42. The molecule has 0 radical (unpaired) electrons. The van der Waals surface area contributed by atoms with Crippen molar-refractivity contribution in [1.82, 2.24) is 5.32 Å². The van der Waals surface area contributed by atoms with Crippen LogP contribution >= 0.6 is 11.8 Å². The summed E-state index contributed by atoms with van der Waals surface area (Å²) in [5, 5.41) is 2.52. The van der Waals surface area contributed by atoms with Gasteiger partial charge in [0.2, 0.25) is 5.91 Å². The van der Waals surface area contributed by atoms with E-state index in [1.165, 1.54) is 18.2 Å². The molecule has 23 heavy (non-hydrogen) atoms. The molecule has 0 saturated carbocycles. The van der Waals surface area contributed by atoms with Gasteiger partial charge in [0.15, 0.2) is 0 Å². The summed E-state index contributed by atoms with van der Waals surface area (Å²) in [5.41, 5.74) is -0.408. The number of carbonyl (C=O) groups is 1. The summed E-state index contributed by atoms with van der Waals surface area (Å²) in [4.78, 5) is 12.1. The number of amides is 1. The molecule has 2 nitrogen and oxygen atoms in total. The lowest BCUT2D eigenvalue weighted by Gasteiger charge is -2.09. The molecule has 1 amide bonds. The third-order valence-corrected chi connectivity index (χ3v) is 3.99. The Balaban J connectivity index is 1.86. The molecule has 122 valence electrons. The van der Waals surface area contributed by atoms with Gasteiger partial charge in [-0.25, -0.2) is 4.39 Å². The molecule has 0 atom stereocenters. The minimum absolute atomic E-state index is 0.0133. The van der Waals surface area contributed by atoms with Crippen molar-refractivity contribution in [2.24, 2.45) is 0 Å². The minimum Gasteiger partial charge on any atom is -0.351 e. The second-order valence-corrected chi connectivity index (χ2v) is 5.71. The molecule has 7 heteroatoms. The number of halogens is 4. The second kappa shape index (κ2) is 7.50. The quantitative estimate of drug-likeness (QED) is 0.649. The summed E-state index contributed by atoms with van der Waals surface area (Å²) < 4.78 is 51.1. The van der Waals surface area contributed by atoms with Crippen molar-refractivity contribution in [2.75, 3.05) is 5.75 Å². The molecule has 0 heterocycles. The summed E-state index contributed by atoms with van der Waals surface area (Å²) in [6.45, 7) is -0.0133. The van der Waals surface area contributed by atoms with Crippen molar-refractivity contribution in [1.29, 1.82) is 0 Å². The smallest absolute Gasteiger partial charge is 0.351 e. The predicted octanol–water partition coefficient (Wildman–Crippen LogP) is 4.25. The highest BCUT2D eigenvalue weighted by Crippen LogP contribution is 2.29. The standard InChI is InChI=1S/C16H13F4NOS/c17-13-6-1-2-7-14(13)23-10-15(22)21-9-11-4-3-5-12(8-11)16(18,19)20/h1-8H,9-10H2,(H,21,22). The number of hydrogen-bond acceptors (Lipinski definition) is 2. The number of benzene rings is 2. The van der Waals surface area contributed by atoms with E-state index in [1.54, 1.807) is 18.2 Å². The Morgan fingerprint density at radius 2 is 1.83 bits per heavy atom. The van der Waals surface area contributed by atoms with Gasteiger partial charge in [0.1, 0.15) is 5.82 Å². The van der Waals surface area contributed by atoms with E-state index in [0.29, 0.717) is 10.5 Å². The molecule has 0 aromatic heterocycles. The largest absolute Gasteiger partial charge is 0.416 e. The van der Waals surface area contributed by atoms with E-state index in [1.807, 2.05) is 0 Å². The van der Waals surface area contributed by atoms with E-state index in [0.717, 1.165) is 23.9 Å². The fraction of sp³-hybridized carbons (Fsp3) is 0.188. The van der Waals surface area contributed by atoms with Crippen LogP contribution in [0.5, 0.6) is 0 Å². The fourth-order valence-electron chi connectivity index (χ4n) is 1.81. The average molecular weight is 343 g/mol. The molecule has 0 bridgehead atoms. The Morgan fingerprint density at radius 3 is 2.52 bits per heavy atom. The van der Waals surface area contributed by atoms with Crippen LogP contribution in [0.3, 0.4) is 0 Å². The lowest BCUT2D eigenvalue weighted by atomic mass is 10.1. The molecule has 0 aliphatic carbocycles. The fourth-order valence-corrected chi connectivity index (χ4v) is 2.58. The SMILES string of the molecule is O=C(CSc1ccccc1F)NCc1cccc(C(F)(F)F)c1. The van der Waals surface area contributed by atoms with E-state index in [-0.39, 0.29) is 18.2 Å². The molecule has 1 N–H and O–H groups in total. The van der Waals surface area contributed by atoms with Crippen molar-refractivity contribution in [3.63, 3.8) is 0 Å². The summed E-state index contributed by atoms with van der Waals surface area (Å²) in [7, 11) is 0. The van der Waals surface area contributed by atoms with E-state index < -0.39 is 17.6 Å². The highest BCUT2D eigenvalue weighted by atomic mass is 32.2. The number of alkyl halides is 3. The van der Waals surface area contributed by atoms with Crippen LogP contribution < -0.4 is 5.32 Å². The monoisotopic (exact) mass is 343 g/mol. The first kappa shape index (κ1) is 17.3. The number of rotatable bonds is 5. The topological polar surface area (TPSA) is 29.1 Å². The van der Waals surface area contributed by atoms with Crippen LogP contribution in [0.2, 0.25) is 0 Å². The maximum atomic E-state index is 13.4. The first-order valence-electron chi connectivity index (χ1n) is 6.66. The van der Waals surface area contributed by atoms with Crippen LogP contribution in [-0.2, 0) is 17.5 Å². The van der Waals surface area contributed by atoms with Crippen molar-refractivity contribution >= 4 is 17.7 Å². The van der Waals surface area contributed by atoms with Gasteiger partial charge in [0, 0.05) is 11.4 Å². The molecule has 0 saturated heterocycles. The minimum atomic E-state index is -4.42. The third kappa shape index (κ3) is 5.28. The van der Waals surface area contributed by atoms with Gasteiger partial charge in [-0.15, -0.1) is 11.8 Å². The van der Waals surface area contributed by atoms with Crippen LogP contribution in [-0.4, -0.2) is 11.7 Å². The zero-order valence-corrected chi connectivity index (χ0v) is 12.7. The normalized spacial score (nSPS) is 11.3. The van der Waals surface area contributed by atoms with Crippen LogP contribution in [0.15, 0.2) is 53.4 Å². The lowest BCUT2D eigenvalue weighted by Crippen LogP contribution is -2.24. The Bertz CT molecular complexity index is 688. The average Bonchev–Trinajstić information content (AvgIpc) is 2.51. The van der Waals surface area contributed by atoms with Gasteiger partial charge in [-0.2, -0.15) is 13.2 Å². The van der Waals surface area contributed by atoms with Crippen LogP contribution in [0.25, 0.3) is 0 Å². The number of nitrogens with one attached hydrogen (secondary N) is 1. The maximum absolute atomic E-state index is 13.4. The molecule has 0 fully saturated rings. The van der Waals surface area contributed by atoms with Crippen LogP contribution in [0.1, 0.15) is 11.1 Å². The Morgan fingerprint density at radius 1 is 1.09 bits per heavy atom. The van der Waals surface area contributed by atoms with Crippen molar-refractivity contribution in [2.45, 2.75) is 17.6 Å². The summed E-state index contributed by atoms with van der Waals surface area (Å²) in [6, 6.07) is 10.8. The van der Waals surface area contributed by atoms with Crippen molar-refractivity contribution in [3.05, 3.63) is 65.5 Å². The highest BCUT2D eigenvalue weighted by molar-refractivity contribution is 8.00. The summed E-state index contributed by atoms with van der Waals surface area (Å²) in [5.74, 6) is -0.807. The molecule has 0 spiro atoms. The van der Waals surface area contributed by atoms with Crippen molar-refractivity contribution < 1.29 is 22.4 Å². The first-order chi connectivity index (χ1) is 10.9. The third-order valence-electron chi connectivity index (χ3n) is 2.94. The van der Waals surface area contributed by atoms with Crippen molar-refractivity contribution in [3.8, 4) is 0 Å². The number of hydrogen-bond donors (Lipinski definition) is 1. The Kier molecular flexibility index (Phi) is 5.65. The molecular weight excluding hydrogens is 330 g/mol. The van der Waals surface area contributed by atoms with E-state index >= 15 is 0 Å². The van der Waals surface area contributed by atoms with Gasteiger partial charge >= 0.3 is 6.18 Å². The van der Waals surface area contributed by atoms with Gasteiger partial charge in [0.05, 0.1) is 11.3 Å². The highest BCUT2D eigenvalue weighted by Gasteiger charge is 2.30. The van der Waals surface area contributed by atoms with Gasteiger partial charge in [-0.05, 0) is 29.8 Å². The van der Waals surface area contributed by atoms with E-state index in [2.05, 4.69) is 5.32 Å². The first-order valence-corrected chi connectivity index (χ1v) is 7.65.